The molecule has 0 aromatic carbocycles. The highest BCUT2D eigenvalue weighted by Gasteiger charge is 2.29. The van der Waals surface area contributed by atoms with Gasteiger partial charge in [-0.3, -0.25) is 4.90 Å². The average Bonchev–Trinajstić information content (AvgIpc) is 2.25. The third-order valence-corrected chi connectivity index (χ3v) is 3.35. The van der Waals surface area contributed by atoms with E-state index in [2.05, 4.69) is 65.7 Å². The topological polar surface area (TPSA) is 33.7 Å². The lowest BCUT2D eigenvalue weighted by atomic mass is 10.1. The standard InChI is InChI=1S/C16H36N2O2/c1-10-14(11-17-8)20-16(6,7)18(9)12-13(2)19-15(3,4)5/h13-14,17H,10-12H2,1-9H3. The van der Waals surface area contributed by atoms with E-state index in [9.17, 15) is 0 Å². The maximum absolute atomic E-state index is 6.23. The minimum absolute atomic E-state index is 0.108. The Morgan fingerprint density at radius 1 is 1.10 bits per heavy atom. The summed E-state index contributed by atoms with van der Waals surface area (Å²) in [5.74, 6) is 0. The van der Waals surface area contributed by atoms with Crippen molar-refractivity contribution in [1.29, 1.82) is 0 Å². The number of ether oxygens (including phenoxy) is 2. The van der Waals surface area contributed by atoms with Crippen LogP contribution in [0.5, 0.6) is 0 Å². The van der Waals surface area contributed by atoms with Crippen LogP contribution in [0.15, 0.2) is 0 Å². The maximum Gasteiger partial charge on any atom is 0.116 e. The smallest absolute Gasteiger partial charge is 0.116 e. The van der Waals surface area contributed by atoms with Crippen LogP contribution in [0.2, 0.25) is 0 Å². The zero-order valence-corrected chi connectivity index (χ0v) is 15.0. The second-order valence-electron chi connectivity index (χ2n) is 7.07. The largest absolute Gasteiger partial charge is 0.372 e. The van der Waals surface area contributed by atoms with Gasteiger partial charge in [0.05, 0.1) is 17.8 Å². The van der Waals surface area contributed by atoms with E-state index in [1.165, 1.54) is 0 Å². The summed E-state index contributed by atoms with van der Waals surface area (Å²) in [4.78, 5) is 2.22. The minimum Gasteiger partial charge on any atom is -0.372 e. The van der Waals surface area contributed by atoms with E-state index < -0.39 is 0 Å². The molecule has 122 valence electrons. The summed E-state index contributed by atoms with van der Waals surface area (Å²) in [6.07, 6.45) is 1.41. The van der Waals surface area contributed by atoms with Crippen molar-refractivity contribution in [1.82, 2.24) is 10.2 Å². The van der Waals surface area contributed by atoms with Crippen LogP contribution in [0.1, 0.15) is 54.9 Å². The monoisotopic (exact) mass is 288 g/mol. The molecule has 2 unspecified atom stereocenters. The van der Waals surface area contributed by atoms with E-state index in [-0.39, 0.29) is 23.5 Å². The molecule has 20 heavy (non-hydrogen) atoms. The summed E-state index contributed by atoms with van der Waals surface area (Å²) >= 11 is 0. The van der Waals surface area contributed by atoms with Crippen molar-refractivity contribution in [2.75, 3.05) is 27.2 Å². The summed E-state index contributed by atoms with van der Waals surface area (Å²) in [6.45, 7) is 16.5. The first-order valence-electron chi connectivity index (χ1n) is 7.73. The first kappa shape index (κ1) is 19.8. The van der Waals surface area contributed by atoms with Crippen LogP contribution in [0, 0.1) is 0 Å². The van der Waals surface area contributed by atoms with Gasteiger partial charge in [0.1, 0.15) is 5.72 Å². The van der Waals surface area contributed by atoms with Crippen LogP contribution in [0.4, 0.5) is 0 Å². The number of likely N-dealkylation sites (N-methyl/N-ethyl adjacent to an activating group) is 2. The molecule has 0 fully saturated rings. The zero-order valence-electron chi connectivity index (χ0n) is 15.0. The van der Waals surface area contributed by atoms with Gasteiger partial charge in [-0.25, -0.2) is 0 Å². The van der Waals surface area contributed by atoms with Crippen LogP contribution in [0.3, 0.4) is 0 Å². The van der Waals surface area contributed by atoms with Gasteiger partial charge in [0.2, 0.25) is 0 Å². The fourth-order valence-electron chi connectivity index (χ4n) is 2.24. The number of nitrogens with zero attached hydrogens (tertiary/aromatic N) is 1. The van der Waals surface area contributed by atoms with Crippen LogP contribution in [-0.2, 0) is 9.47 Å². The van der Waals surface area contributed by atoms with Gasteiger partial charge in [0.15, 0.2) is 0 Å². The highest BCUT2D eigenvalue weighted by Crippen LogP contribution is 2.20. The molecule has 0 aliphatic carbocycles. The molecule has 0 aliphatic heterocycles. The summed E-state index contributed by atoms with van der Waals surface area (Å²) < 4.78 is 12.2. The second-order valence-corrected chi connectivity index (χ2v) is 7.07. The molecule has 4 nitrogen and oxygen atoms in total. The van der Waals surface area contributed by atoms with Crippen molar-refractivity contribution in [3.8, 4) is 0 Å². The molecule has 0 amide bonds. The first-order chi connectivity index (χ1) is 9.01. The van der Waals surface area contributed by atoms with Crippen LogP contribution in [0.25, 0.3) is 0 Å². The Morgan fingerprint density at radius 2 is 1.65 bits per heavy atom. The number of hydrogen-bond donors (Lipinski definition) is 1. The van der Waals surface area contributed by atoms with E-state index in [1.54, 1.807) is 0 Å². The molecule has 0 aromatic heterocycles. The highest BCUT2D eigenvalue weighted by atomic mass is 16.5. The Hall–Kier alpha value is -0.160. The van der Waals surface area contributed by atoms with Crippen LogP contribution in [-0.4, -0.2) is 55.6 Å². The minimum atomic E-state index is -0.299. The van der Waals surface area contributed by atoms with Gasteiger partial charge < -0.3 is 14.8 Å². The predicted molar refractivity (Wildman–Crippen MR) is 86.1 cm³/mol. The zero-order chi connectivity index (χ0) is 16.0. The van der Waals surface area contributed by atoms with Gasteiger partial charge in [0.25, 0.3) is 0 Å². The van der Waals surface area contributed by atoms with Crippen LogP contribution >= 0.6 is 0 Å². The van der Waals surface area contributed by atoms with E-state index in [4.69, 9.17) is 9.47 Å². The number of hydrogen-bond acceptors (Lipinski definition) is 4. The lowest BCUT2D eigenvalue weighted by molar-refractivity contribution is -0.170. The Morgan fingerprint density at radius 3 is 2.05 bits per heavy atom. The number of nitrogens with one attached hydrogen (secondary N) is 1. The van der Waals surface area contributed by atoms with Crippen molar-refractivity contribution < 1.29 is 9.47 Å². The summed E-state index contributed by atoms with van der Waals surface area (Å²) in [5.41, 5.74) is -0.406. The Balaban J connectivity index is 4.45. The fraction of sp³-hybridized carbons (Fsp3) is 1.00. The van der Waals surface area contributed by atoms with Gasteiger partial charge in [-0.2, -0.15) is 0 Å². The van der Waals surface area contributed by atoms with Gasteiger partial charge >= 0.3 is 0 Å². The SMILES string of the molecule is CCC(CNC)OC(C)(C)N(C)CC(C)OC(C)(C)C. The maximum atomic E-state index is 6.23. The molecular weight excluding hydrogens is 252 g/mol. The van der Waals surface area contributed by atoms with E-state index in [0.717, 1.165) is 19.5 Å². The molecule has 0 saturated carbocycles. The summed E-state index contributed by atoms with van der Waals surface area (Å²) in [6, 6.07) is 0. The Bertz CT molecular complexity index is 262. The fourth-order valence-corrected chi connectivity index (χ4v) is 2.24. The summed E-state index contributed by atoms with van der Waals surface area (Å²) in [5, 5.41) is 3.18. The normalized spacial score (nSPS) is 16.5. The van der Waals surface area contributed by atoms with Gasteiger partial charge in [-0.05, 0) is 62.1 Å². The molecular formula is C16H36N2O2. The Labute approximate surface area is 126 Å². The lowest BCUT2D eigenvalue weighted by Crippen LogP contribution is -2.50. The average molecular weight is 288 g/mol. The van der Waals surface area contributed by atoms with Gasteiger partial charge in [0, 0.05) is 13.1 Å². The van der Waals surface area contributed by atoms with Crippen LogP contribution < -0.4 is 5.32 Å². The molecule has 0 rings (SSSR count). The lowest BCUT2D eigenvalue weighted by Gasteiger charge is -2.40. The molecule has 0 spiro atoms. The van der Waals surface area contributed by atoms with Crippen molar-refractivity contribution in [2.45, 2.75) is 78.4 Å². The third-order valence-electron chi connectivity index (χ3n) is 3.35. The van der Waals surface area contributed by atoms with Crippen molar-refractivity contribution in [2.24, 2.45) is 0 Å². The quantitative estimate of drug-likeness (QED) is 0.662. The van der Waals surface area contributed by atoms with E-state index in [0.29, 0.717) is 0 Å². The highest BCUT2D eigenvalue weighted by molar-refractivity contribution is 4.75. The second kappa shape index (κ2) is 8.32. The molecule has 0 aliphatic rings. The van der Waals surface area contributed by atoms with Gasteiger partial charge in [-0.1, -0.05) is 6.92 Å². The first-order valence-corrected chi connectivity index (χ1v) is 7.73. The number of rotatable bonds is 9. The predicted octanol–water partition coefficient (Wildman–Crippen LogP) is 2.87. The molecule has 0 aromatic rings. The summed E-state index contributed by atoms with van der Waals surface area (Å²) in [7, 11) is 4.05. The third kappa shape index (κ3) is 8.20. The van der Waals surface area contributed by atoms with Crippen molar-refractivity contribution >= 4 is 0 Å². The molecule has 0 saturated heterocycles. The van der Waals surface area contributed by atoms with E-state index in [1.807, 2.05) is 7.05 Å². The van der Waals surface area contributed by atoms with E-state index >= 15 is 0 Å². The van der Waals surface area contributed by atoms with Gasteiger partial charge in [-0.15, -0.1) is 0 Å². The molecule has 0 bridgehead atoms. The molecule has 4 heteroatoms. The molecule has 0 heterocycles. The van der Waals surface area contributed by atoms with Crippen molar-refractivity contribution in [3.63, 3.8) is 0 Å². The molecule has 1 N–H and O–H groups in total. The molecule has 0 radical (unpaired) electrons. The Kier molecular flexibility index (Phi) is 8.26. The van der Waals surface area contributed by atoms with Crippen molar-refractivity contribution in [3.05, 3.63) is 0 Å². The molecule has 2 atom stereocenters.